The number of halogens is 1. The van der Waals surface area contributed by atoms with Gasteiger partial charge < -0.3 is 5.73 Å². The Labute approximate surface area is 70.6 Å². The molecule has 0 aromatic carbocycles. The zero-order valence-corrected chi connectivity index (χ0v) is 7.16. The standard InChI is InChI=1S/C6H9N3O.ClH/c1-3-4(2)8-9-5(3)6(7)10;/h1-2H3,(H2,7,10)(H,8,9);1H. The Bertz CT molecular complexity index is 269. The van der Waals surface area contributed by atoms with Gasteiger partial charge in [-0.05, 0) is 13.8 Å². The molecule has 0 fully saturated rings. The van der Waals surface area contributed by atoms with Crippen molar-refractivity contribution in [2.45, 2.75) is 13.8 Å². The first kappa shape index (κ1) is 9.97. The predicted molar refractivity (Wildman–Crippen MR) is 43.8 cm³/mol. The minimum Gasteiger partial charge on any atom is -0.364 e. The van der Waals surface area contributed by atoms with Crippen molar-refractivity contribution in [1.29, 1.82) is 0 Å². The number of hydrogen-bond acceptors (Lipinski definition) is 2. The number of aryl methyl sites for hydroxylation is 1. The average molecular weight is 176 g/mol. The van der Waals surface area contributed by atoms with Crippen LogP contribution in [-0.4, -0.2) is 16.1 Å². The summed E-state index contributed by atoms with van der Waals surface area (Å²) in [6, 6.07) is 0. The number of aromatic amines is 1. The van der Waals surface area contributed by atoms with Crippen LogP contribution < -0.4 is 5.73 Å². The number of H-pyrrole nitrogens is 1. The fraction of sp³-hybridized carbons (Fsp3) is 0.333. The highest BCUT2D eigenvalue weighted by atomic mass is 35.5. The summed E-state index contributed by atoms with van der Waals surface area (Å²) in [7, 11) is 0. The molecule has 0 radical (unpaired) electrons. The molecule has 0 bridgehead atoms. The smallest absolute Gasteiger partial charge is 0.269 e. The number of nitrogens with two attached hydrogens (primary N) is 1. The maximum atomic E-state index is 10.6. The lowest BCUT2D eigenvalue weighted by Gasteiger charge is -1.88. The second-order valence-corrected chi connectivity index (χ2v) is 2.19. The molecule has 0 atom stereocenters. The fourth-order valence-electron chi connectivity index (χ4n) is 0.725. The second-order valence-electron chi connectivity index (χ2n) is 2.19. The van der Waals surface area contributed by atoms with Gasteiger partial charge in [0.1, 0.15) is 0 Å². The predicted octanol–water partition coefficient (Wildman–Crippen LogP) is 0.547. The number of nitrogens with one attached hydrogen (secondary N) is 1. The van der Waals surface area contributed by atoms with E-state index in [1.807, 2.05) is 6.92 Å². The Hall–Kier alpha value is -1.03. The van der Waals surface area contributed by atoms with Gasteiger partial charge >= 0.3 is 0 Å². The summed E-state index contributed by atoms with van der Waals surface area (Å²) >= 11 is 0. The van der Waals surface area contributed by atoms with Gasteiger partial charge in [-0.15, -0.1) is 12.4 Å². The molecule has 4 nitrogen and oxygen atoms in total. The lowest BCUT2D eigenvalue weighted by Crippen LogP contribution is -2.12. The molecule has 5 heteroatoms. The van der Waals surface area contributed by atoms with Gasteiger partial charge in [0.25, 0.3) is 5.91 Å². The van der Waals surface area contributed by atoms with Gasteiger partial charge in [-0.3, -0.25) is 9.89 Å². The van der Waals surface area contributed by atoms with Crippen molar-refractivity contribution in [3.05, 3.63) is 17.0 Å². The quantitative estimate of drug-likeness (QED) is 0.654. The van der Waals surface area contributed by atoms with Gasteiger partial charge in [-0.2, -0.15) is 5.10 Å². The molecular formula is C6H10ClN3O. The van der Waals surface area contributed by atoms with Crippen LogP contribution in [0, 0.1) is 13.8 Å². The number of rotatable bonds is 1. The monoisotopic (exact) mass is 175 g/mol. The number of amides is 1. The number of carbonyl (C=O) groups is 1. The molecule has 1 amide bonds. The highest BCUT2D eigenvalue weighted by Gasteiger charge is 2.09. The van der Waals surface area contributed by atoms with Crippen molar-refractivity contribution in [1.82, 2.24) is 10.2 Å². The van der Waals surface area contributed by atoms with E-state index in [0.717, 1.165) is 11.3 Å². The third kappa shape index (κ3) is 1.71. The van der Waals surface area contributed by atoms with Crippen molar-refractivity contribution in [3.8, 4) is 0 Å². The largest absolute Gasteiger partial charge is 0.364 e. The topological polar surface area (TPSA) is 71.8 Å². The van der Waals surface area contributed by atoms with Crippen LogP contribution in [0.15, 0.2) is 0 Å². The van der Waals surface area contributed by atoms with E-state index in [9.17, 15) is 4.79 Å². The first-order chi connectivity index (χ1) is 4.63. The van der Waals surface area contributed by atoms with Crippen molar-refractivity contribution in [2.75, 3.05) is 0 Å². The molecule has 1 heterocycles. The van der Waals surface area contributed by atoms with E-state index in [1.165, 1.54) is 0 Å². The maximum Gasteiger partial charge on any atom is 0.269 e. The van der Waals surface area contributed by atoms with Crippen LogP contribution in [0.4, 0.5) is 0 Å². The van der Waals surface area contributed by atoms with E-state index in [4.69, 9.17) is 5.73 Å². The Kier molecular flexibility index (Phi) is 3.07. The molecule has 1 rings (SSSR count). The summed E-state index contributed by atoms with van der Waals surface area (Å²) in [5.41, 5.74) is 7.05. The Morgan fingerprint density at radius 1 is 1.55 bits per heavy atom. The van der Waals surface area contributed by atoms with Gasteiger partial charge in [0.2, 0.25) is 0 Å². The maximum absolute atomic E-state index is 10.6. The van der Waals surface area contributed by atoms with E-state index in [-0.39, 0.29) is 12.4 Å². The number of carbonyl (C=O) groups excluding carboxylic acids is 1. The van der Waals surface area contributed by atoms with Crippen molar-refractivity contribution in [3.63, 3.8) is 0 Å². The average Bonchev–Trinajstić information content (AvgIpc) is 2.14. The van der Waals surface area contributed by atoms with E-state index >= 15 is 0 Å². The zero-order chi connectivity index (χ0) is 7.72. The van der Waals surface area contributed by atoms with Crippen LogP contribution in [0.2, 0.25) is 0 Å². The molecule has 1 aromatic rings. The van der Waals surface area contributed by atoms with Crippen LogP contribution in [0.5, 0.6) is 0 Å². The van der Waals surface area contributed by atoms with Crippen molar-refractivity contribution >= 4 is 18.3 Å². The molecule has 0 aliphatic rings. The highest BCUT2D eigenvalue weighted by molar-refractivity contribution is 5.92. The van der Waals surface area contributed by atoms with Crippen LogP contribution >= 0.6 is 12.4 Å². The molecular weight excluding hydrogens is 166 g/mol. The van der Waals surface area contributed by atoms with Gasteiger partial charge in [0.15, 0.2) is 5.69 Å². The molecule has 0 saturated carbocycles. The molecule has 0 aliphatic heterocycles. The summed E-state index contributed by atoms with van der Waals surface area (Å²) in [5, 5.41) is 6.38. The Morgan fingerprint density at radius 3 is 2.27 bits per heavy atom. The Balaban J connectivity index is 0.000001000. The minimum atomic E-state index is -0.484. The summed E-state index contributed by atoms with van der Waals surface area (Å²) in [6.07, 6.45) is 0. The van der Waals surface area contributed by atoms with Crippen LogP contribution in [0.3, 0.4) is 0 Å². The SMILES string of the molecule is Cc1[nH]nc(C(N)=O)c1C.Cl. The van der Waals surface area contributed by atoms with Crippen LogP contribution in [0.1, 0.15) is 21.7 Å². The van der Waals surface area contributed by atoms with Crippen molar-refractivity contribution in [2.24, 2.45) is 5.73 Å². The van der Waals surface area contributed by atoms with Gasteiger partial charge in [-0.1, -0.05) is 0 Å². The lowest BCUT2D eigenvalue weighted by molar-refractivity contribution is 0.0995. The van der Waals surface area contributed by atoms with Gasteiger partial charge in [-0.25, -0.2) is 0 Å². The molecule has 11 heavy (non-hydrogen) atoms. The molecule has 3 N–H and O–H groups in total. The van der Waals surface area contributed by atoms with Gasteiger partial charge in [0.05, 0.1) is 0 Å². The Morgan fingerprint density at radius 2 is 2.09 bits per heavy atom. The minimum absolute atomic E-state index is 0. The second kappa shape index (κ2) is 3.39. The summed E-state index contributed by atoms with van der Waals surface area (Å²) in [4.78, 5) is 10.6. The van der Waals surface area contributed by atoms with Crippen LogP contribution in [0.25, 0.3) is 0 Å². The lowest BCUT2D eigenvalue weighted by atomic mass is 10.2. The molecule has 62 valence electrons. The number of nitrogens with zero attached hydrogens (tertiary/aromatic N) is 1. The fourth-order valence-corrected chi connectivity index (χ4v) is 0.725. The molecule has 0 unspecified atom stereocenters. The third-order valence-corrected chi connectivity index (χ3v) is 1.49. The molecule has 0 spiro atoms. The van der Waals surface area contributed by atoms with Crippen molar-refractivity contribution < 1.29 is 4.79 Å². The van der Waals surface area contributed by atoms with E-state index < -0.39 is 5.91 Å². The van der Waals surface area contributed by atoms with Crippen LogP contribution in [-0.2, 0) is 0 Å². The summed E-state index contributed by atoms with van der Waals surface area (Å²) < 4.78 is 0. The molecule has 1 aromatic heterocycles. The highest BCUT2D eigenvalue weighted by Crippen LogP contribution is 2.06. The first-order valence-corrected chi connectivity index (χ1v) is 2.94. The third-order valence-electron chi connectivity index (χ3n) is 1.49. The van der Waals surface area contributed by atoms with Gasteiger partial charge in [0, 0.05) is 11.3 Å². The van der Waals surface area contributed by atoms with E-state index in [0.29, 0.717) is 5.69 Å². The number of primary amides is 1. The first-order valence-electron chi connectivity index (χ1n) is 2.94. The summed E-state index contributed by atoms with van der Waals surface area (Å²) in [6.45, 7) is 3.65. The summed E-state index contributed by atoms with van der Waals surface area (Å²) in [5.74, 6) is -0.484. The normalized spacial score (nSPS) is 8.91. The molecule has 0 aliphatic carbocycles. The van der Waals surface area contributed by atoms with E-state index in [1.54, 1.807) is 6.92 Å². The zero-order valence-electron chi connectivity index (χ0n) is 6.34. The van der Waals surface area contributed by atoms with E-state index in [2.05, 4.69) is 10.2 Å². The number of aromatic nitrogens is 2. The molecule has 0 saturated heterocycles. The number of hydrogen-bond donors (Lipinski definition) is 2.